The minimum Gasteiger partial charge on any atom is -0.726 e. The van der Waals surface area contributed by atoms with E-state index in [1.165, 1.54) is 0 Å². The smallest absolute Gasteiger partial charge is 0.397 e. The lowest BCUT2D eigenvalue weighted by Crippen LogP contribution is -2.10. The molecular weight excluding hydrogens is 228 g/mol. The van der Waals surface area contributed by atoms with Crippen LogP contribution < -0.4 is 0 Å². The summed E-state index contributed by atoms with van der Waals surface area (Å²) in [5.41, 5.74) is 0. The van der Waals surface area contributed by atoms with Gasteiger partial charge in [-0.25, -0.2) is 12.6 Å². The fourth-order valence-corrected chi connectivity index (χ4v) is 1.03. The summed E-state index contributed by atoms with van der Waals surface area (Å²) in [6, 6.07) is 0. The van der Waals surface area contributed by atoms with Crippen molar-refractivity contribution in [2.45, 2.75) is 6.42 Å². The highest BCUT2D eigenvalue weighted by molar-refractivity contribution is 7.81. The monoisotopic (exact) mass is 235 g/mol. The summed E-state index contributed by atoms with van der Waals surface area (Å²) in [7, 11) is -9.28. The van der Waals surface area contributed by atoms with Crippen LogP contribution in [0.15, 0.2) is 0 Å². The Hall–Kier alpha value is -0.260. The lowest BCUT2D eigenvalue weighted by Gasteiger charge is -2.06. The van der Waals surface area contributed by atoms with Crippen molar-refractivity contribution in [1.82, 2.24) is 0 Å². The average molecular weight is 235 g/mol. The van der Waals surface area contributed by atoms with Gasteiger partial charge < -0.3 is 4.55 Å². The summed E-state index contributed by atoms with van der Waals surface area (Å²) in [6.07, 6.45) is -0.152. The molecule has 0 saturated heterocycles. The Balaban J connectivity index is 3.50. The van der Waals surface area contributed by atoms with Crippen LogP contribution in [0, 0.1) is 0 Å². The second-order valence-corrected chi connectivity index (χ2v) is 3.98. The van der Waals surface area contributed by atoms with E-state index in [4.69, 9.17) is 4.55 Å². The zero-order chi connectivity index (χ0) is 10.5. The first-order valence-corrected chi connectivity index (χ1v) is 5.63. The molecule has 13 heavy (non-hydrogen) atoms. The molecule has 1 N–H and O–H groups in total. The fourth-order valence-electron chi connectivity index (χ4n) is 0.384. The van der Waals surface area contributed by atoms with Gasteiger partial charge >= 0.3 is 10.4 Å². The van der Waals surface area contributed by atoms with E-state index in [0.717, 1.165) is 0 Å². The molecule has 8 nitrogen and oxygen atoms in total. The van der Waals surface area contributed by atoms with Gasteiger partial charge in [-0.3, -0.25) is 8.74 Å². The van der Waals surface area contributed by atoms with Gasteiger partial charge in [-0.05, 0) is 6.42 Å². The maximum atomic E-state index is 9.90. The van der Waals surface area contributed by atoms with Crippen molar-refractivity contribution in [3.63, 3.8) is 0 Å². The minimum absolute atomic E-state index is 0.152. The van der Waals surface area contributed by atoms with Crippen LogP contribution in [0.3, 0.4) is 0 Å². The van der Waals surface area contributed by atoms with Crippen molar-refractivity contribution in [1.29, 1.82) is 0 Å². The average Bonchev–Trinajstić information content (AvgIpc) is 1.81. The van der Waals surface area contributed by atoms with E-state index >= 15 is 0 Å². The van der Waals surface area contributed by atoms with Gasteiger partial charge in [0.1, 0.15) is 0 Å². The molecule has 0 aromatic carbocycles. The molecule has 0 heterocycles. The number of hydrogen-bond acceptors (Lipinski definition) is 7. The normalized spacial score (nSPS) is 13.1. The predicted molar refractivity (Wildman–Crippen MR) is 37.8 cm³/mol. The van der Waals surface area contributed by atoms with E-state index in [2.05, 4.69) is 8.37 Å². The Morgan fingerprint density at radius 1 is 1.08 bits per heavy atom. The van der Waals surface area contributed by atoms with Crippen LogP contribution in [-0.2, 0) is 29.2 Å². The SMILES string of the molecule is O=S(=O)([O-])OCCCOS(=O)(=O)O. The maximum absolute atomic E-state index is 9.90. The second-order valence-electron chi connectivity index (χ2n) is 1.83. The largest absolute Gasteiger partial charge is 0.726 e. The Bertz CT molecular complexity index is 290. The summed E-state index contributed by atoms with van der Waals surface area (Å²) < 4.78 is 64.7. The van der Waals surface area contributed by atoms with E-state index in [-0.39, 0.29) is 6.42 Å². The quantitative estimate of drug-likeness (QED) is 0.340. The molecule has 0 aliphatic heterocycles. The molecule has 0 aliphatic carbocycles. The first-order chi connectivity index (χ1) is 5.71. The van der Waals surface area contributed by atoms with E-state index in [1.54, 1.807) is 0 Å². The summed E-state index contributed by atoms with van der Waals surface area (Å²) in [5, 5.41) is 0. The first kappa shape index (κ1) is 12.7. The molecule has 0 unspecified atom stereocenters. The molecule has 0 radical (unpaired) electrons. The van der Waals surface area contributed by atoms with E-state index in [1.807, 2.05) is 0 Å². The van der Waals surface area contributed by atoms with Crippen molar-refractivity contribution >= 4 is 20.8 Å². The van der Waals surface area contributed by atoms with Gasteiger partial charge in [-0.15, -0.1) is 0 Å². The Kier molecular flexibility index (Phi) is 4.74. The molecule has 0 rings (SSSR count). The standard InChI is InChI=1S/C3H8O8S2/c4-12(5,6)10-2-1-3-11-13(7,8)9/h1-3H2,(H,4,5,6)(H,7,8,9)/p-1. The van der Waals surface area contributed by atoms with Crippen LogP contribution >= 0.6 is 0 Å². The highest BCUT2D eigenvalue weighted by atomic mass is 32.3. The van der Waals surface area contributed by atoms with Crippen LogP contribution in [0.1, 0.15) is 6.42 Å². The molecule has 0 aromatic heterocycles. The van der Waals surface area contributed by atoms with Gasteiger partial charge in [0, 0.05) is 0 Å². The Morgan fingerprint density at radius 3 is 1.92 bits per heavy atom. The molecule has 0 atom stereocenters. The summed E-state index contributed by atoms with van der Waals surface area (Å²) in [5.74, 6) is 0. The van der Waals surface area contributed by atoms with Crippen molar-refractivity contribution in [2.75, 3.05) is 13.2 Å². The van der Waals surface area contributed by atoms with E-state index < -0.39 is 34.0 Å². The molecule has 0 aromatic rings. The zero-order valence-electron chi connectivity index (χ0n) is 6.24. The minimum atomic E-state index is -4.76. The van der Waals surface area contributed by atoms with Crippen LogP contribution in [-0.4, -0.2) is 39.2 Å². The van der Waals surface area contributed by atoms with Crippen molar-refractivity contribution in [3.8, 4) is 0 Å². The van der Waals surface area contributed by atoms with Gasteiger partial charge in [-0.1, -0.05) is 0 Å². The van der Waals surface area contributed by atoms with Crippen LogP contribution in [0.2, 0.25) is 0 Å². The molecule has 0 saturated carbocycles. The Morgan fingerprint density at radius 2 is 1.54 bits per heavy atom. The highest BCUT2D eigenvalue weighted by Gasteiger charge is 2.03. The third-order valence-electron chi connectivity index (χ3n) is 0.749. The molecule has 0 aliphatic rings. The van der Waals surface area contributed by atoms with Crippen LogP contribution in [0.4, 0.5) is 0 Å². The molecule has 0 fully saturated rings. The summed E-state index contributed by atoms with van der Waals surface area (Å²) >= 11 is 0. The summed E-state index contributed by atoms with van der Waals surface area (Å²) in [6.45, 7) is -0.963. The molecule has 0 bridgehead atoms. The maximum Gasteiger partial charge on any atom is 0.397 e. The van der Waals surface area contributed by atoms with Crippen LogP contribution in [0.25, 0.3) is 0 Å². The number of rotatable bonds is 6. The van der Waals surface area contributed by atoms with Crippen LogP contribution in [0.5, 0.6) is 0 Å². The second kappa shape index (κ2) is 4.83. The van der Waals surface area contributed by atoms with Gasteiger partial charge in [-0.2, -0.15) is 8.42 Å². The van der Waals surface area contributed by atoms with Gasteiger partial charge in [0.05, 0.1) is 13.2 Å². The lowest BCUT2D eigenvalue weighted by molar-refractivity contribution is 0.216. The Labute approximate surface area is 75.4 Å². The topological polar surface area (TPSA) is 130 Å². The van der Waals surface area contributed by atoms with E-state index in [9.17, 15) is 21.4 Å². The number of hydrogen-bond donors (Lipinski definition) is 1. The molecule has 80 valence electrons. The molecule has 0 spiro atoms. The summed E-state index contributed by atoms with van der Waals surface area (Å²) in [4.78, 5) is 0. The van der Waals surface area contributed by atoms with Crippen molar-refractivity contribution in [2.24, 2.45) is 0 Å². The third-order valence-corrected chi connectivity index (χ3v) is 1.67. The fraction of sp³-hybridized carbons (Fsp3) is 1.00. The van der Waals surface area contributed by atoms with Gasteiger partial charge in [0.15, 0.2) is 0 Å². The first-order valence-electron chi connectivity index (χ1n) is 2.93. The van der Waals surface area contributed by atoms with Gasteiger partial charge in [0.2, 0.25) is 10.4 Å². The zero-order valence-corrected chi connectivity index (χ0v) is 7.88. The predicted octanol–water partition coefficient (Wildman–Crippen LogP) is -1.33. The lowest BCUT2D eigenvalue weighted by atomic mass is 10.5. The van der Waals surface area contributed by atoms with Gasteiger partial charge in [0.25, 0.3) is 0 Å². The molecule has 10 heteroatoms. The van der Waals surface area contributed by atoms with Crippen molar-refractivity contribution < 1.29 is 34.3 Å². The molecule has 0 amide bonds. The molecular formula is C3H7O8S2-. The van der Waals surface area contributed by atoms with E-state index in [0.29, 0.717) is 0 Å². The van der Waals surface area contributed by atoms with Crippen molar-refractivity contribution in [3.05, 3.63) is 0 Å². The third kappa shape index (κ3) is 11.7. The highest BCUT2D eigenvalue weighted by Crippen LogP contribution is 1.92.